The van der Waals surface area contributed by atoms with Crippen molar-refractivity contribution in [1.29, 1.82) is 0 Å². The Morgan fingerprint density at radius 1 is 1.45 bits per heavy atom. The van der Waals surface area contributed by atoms with Crippen LogP contribution < -0.4 is 0 Å². The van der Waals surface area contributed by atoms with Crippen LogP contribution in [0.15, 0.2) is 35.3 Å². The van der Waals surface area contributed by atoms with Crippen molar-refractivity contribution in [3.05, 3.63) is 35.3 Å². The molecule has 0 atom stereocenters. The highest BCUT2D eigenvalue weighted by atomic mass is 32.2. The Hall–Kier alpha value is -0.870. The zero-order valence-corrected chi connectivity index (χ0v) is 6.63. The first-order valence-electron chi connectivity index (χ1n) is 3.03. The first-order chi connectivity index (χ1) is 5.00. The Morgan fingerprint density at radius 3 is 2.45 bits per heavy atom. The van der Waals surface area contributed by atoms with Gasteiger partial charge in [0.25, 0.3) is 10.1 Å². The van der Waals surface area contributed by atoms with Gasteiger partial charge in [0, 0.05) is 0 Å². The van der Waals surface area contributed by atoms with Crippen molar-refractivity contribution in [2.45, 2.75) is 6.42 Å². The van der Waals surface area contributed by atoms with Gasteiger partial charge in [-0.1, -0.05) is 24.3 Å². The lowest BCUT2D eigenvalue weighted by Crippen LogP contribution is -2.01. The molecule has 3 nitrogen and oxygen atoms in total. The standard InChI is InChI=1S/C7H8O3S/c1-6-2-4-7(5-3-6)11(8,9)10/h2,4-5H,1,3H2,(H,8,9,10). The van der Waals surface area contributed by atoms with Gasteiger partial charge >= 0.3 is 0 Å². The first-order valence-corrected chi connectivity index (χ1v) is 4.47. The number of hydrogen-bond acceptors (Lipinski definition) is 2. The fourth-order valence-corrected chi connectivity index (χ4v) is 1.29. The summed E-state index contributed by atoms with van der Waals surface area (Å²) in [7, 11) is -4.02. The van der Waals surface area contributed by atoms with Crippen LogP contribution in [0.3, 0.4) is 0 Å². The molecular formula is C7H8O3S. The normalized spacial score (nSPS) is 18.3. The Balaban J connectivity index is 2.97. The molecule has 0 fully saturated rings. The molecule has 0 aliphatic heterocycles. The van der Waals surface area contributed by atoms with Crippen LogP contribution in [0.2, 0.25) is 0 Å². The van der Waals surface area contributed by atoms with Crippen molar-refractivity contribution in [2.75, 3.05) is 0 Å². The predicted molar refractivity (Wildman–Crippen MR) is 42.5 cm³/mol. The third-order valence-electron chi connectivity index (χ3n) is 1.35. The number of hydrogen-bond donors (Lipinski definition) is 1. The summed E-state index contributed by atoms with van der Waals surface area (Å²) in [5, 5.41) is 0. The van der Waals surface area contributed by atoms with E-state index >= 15 is 0 Å². The molecule has 1 rings (SSSR count). The summed E-state index contributed by atoms with van der Waals surface area (Å²) in [5.74, 6) is 0. The highest BCUT2D eigenvalue weighted by molar-refractivity contribution is 7.90. The molecule has 0 saturated heterocycles. The van der Waals surface area contributed by atoms with Gasteiger partial charge in [-0.15, -0.1) is 0 Å². The summed E-state index contributed by atoms with van der Waals surface area (Å²) >= 11 is 0. The van der Waals surface area contributed by atoms with E-state index in [9.17, 15) is 8.42 Å². The molecule has 60 valence electrons. The quantitative estimate of drug-likeness (QED) is 0.606. The highest BCUT2D eigenvalue weighted by Gasteiger charge is 2.11. The highest BCUT2D eigenvalue weighted by Crippen LogP contribution is 2.16. The van der Waals surface area contributed by atoms with Gasteiger partial charge in [-0.2, -0.15) is 8.42 Å². The lowest BCUT2D eigenvalue weighted by atomic mass is 10.1. The molecule has 0 aromatic rings. The average Bonchev–Trinajstić information content (AvgIpc) is 1.86. The lowest BCUT2D eigenvalue weighted by Gasteiger charge is -2.03. The van der Waals surface area contributed by atoms with Gasteiger partial charge < -0.3 is 0 Å². The van der Waals surface area contributed by atoms with E-state index in [1.54, 1.807) is 6.08 Å². The van der Waals surface area contributed by atoms with Crippen LogP contribution in [0.1, 0.15) is 6.42 Å². The van der Waals surface area contributed by atoms with Crippen molar-refractivity contribution in [1.82, 2.24) is 0 Å². The van der Waals surface area contributed by atoms with E-state index in [0.717, 1.165) is 5.57 Å². The van der Waals surface area contributed by atoms with E-state index in [4.69, 9.17) is 4.55 Å². The fraction of sp³-hybridized carbons (Fsp3) is 0.143. The van der Waals surface area contributed by atoms with Crippen molar-refractivity contribution >= 4 is 10.1 Å². The third kappa shape index (κ3) is 2.03. The maximum atomic E-state index is 10.5. The fourth-order valence-electron chi connectivity index (χ4n) is 0.759. The SMILES string of the molecule is C=C1C=CC(S(=O)(=O)O)=CC1. The molecule has 1 aliphatic rings. The van der Waals surface area contributed by atoms with Crippen LogP contribution in [0.25, 0.3) is 0 Å². The third-order valence-corrected chi connectivity index (χ3v) is 2.25. The van der Waals surface area contributed by atoms with Crippen LogP contribution in [-0.2, 0) is 10.1 Å². The molecule has 0 heterocycles. The van der Waals surface area contributed by atoms with E-state index in [2.05, 4.69) is 6.58 Å². The molecule has 0 bridgehead atoms. The van der Waals surface area contributed by atoms with Gasteiger partial charge in [-0.3, -0.25) is 4.55 Å². The van der Waals surface area contributed by atoms with Gasteiger partial charge in [-0.05, 0) is 12.5 Å². The maximum Gasteiger partial charge on any atom is 0.294 e. The smallest absolute Gasteiger partial charge is 0.282 e. The van der Waals surface area contributed by atoms with E-state index in [1.165, 1.54) is 12.2 Å². The van der Waals surface area contributed by atoms with Crippen molar-refractivity contribution in [3.8, 4) is 0 Å². The number of allylic oxidation sites excluding steroid dienone is 4. The predicted octanol–water partition coefficient (Wildman–Crippen LogP) is 1.27. The molecule has 0 unspecified atom stereocenters. The minimum absolute atomic E-state index is 0.0510. The van der Waals surface area contributed by atoms with Crippen molar-refractivity contribution in [3.63, 3.8) is 0 Å². The zero-order chi connectivity index (χ0) is 8.48. The second-order valence-electron chi connectivity index (χ2n) is 2.28. The zero-order valence-electron chi connectivity index (χ0n) is 5.82. The molecule has 0 aromatic carbocycles. The van der Waals surface area contributed by atoms with Crippen molar-refractivity contribution < 1.29 is 13.0 Å². The molecule has 0 amide bonds. The molecular weight excluding hydrogens is 164 g/mol. The molecule has 4 heteroatoms. The molecule has 11 heavy (non-hydrogen) atoms. The molecule has 0 spiro atoms. The average molecular weight is 172 g/mol. The van der Waals surface area contributed by atoms with E-state index in [-0.39, 0.29) is 4.91 Å². The van der Waals surface area contributed by atoms with Crippen LogP contribution in [0.4, 0.5) is 0 Å². The Labute approximate surface area is 65.5 Å². The summed E-state index contributed by atoms with van der Waals surface area (Å²) < 4.78 is 29.6. The largest absolute Gasteiger partial charge is 0.294 e. The van der Waals surface area contributed by atoms with Crippen LogP contribution in [-0.4, -0.2) is 13.0 Å². The van der Waals surface area contributed by atoms with Gasteiger partial charge in [0.2, 0.25) is 0 Å². The summed E-state index contributed by atoms with van der Waals surface area (Å²) in [6.45, 7) is 3.62. The summed E-state index contributed by atoms with van der Waals surface area (Å²) in [6.07, 6.45) is 4.81. The van der Waals surface area contributed by atoms with Crippen LogP contribution >= 0.6 is 0 Å². The topological polar surface area (TPSA) is 54.4 Å². The molecule has 1 N–H and O–H groups in total. The summed E-state index contributed by atoms with van der Waals surface area (Å²) in [6, 6.07) is 0. The van der Waals surface area contributed by atoms with Gasteiger partial charge in [0.15, 0.2) is 0 Å². The summed E-state index contributed by atoms with van der Waals surface area (Å²) in [4.78, 5) is -0.0510. The maximum absolute atomic E-state index is 10.5. The Bertz CT molecular complexity index is 333. The van der Waals surface area contributed by atoms with Gasteiger partial charge in [0.1, 0.15) is 0 Å². The van der Waals surface area contributed by atoms with Crippen molar-refractivity contribution in [2.24, 2.45) is 0 Å². The second kappa shape index (κ2) is 2.64. The molecule has 0 aromatic heterocycles. The van der Waals surface area contributed by atoms with Gasteiger partial charge in [-0.25, -0.2) is 0 Å². The van der Waals surface area contributed by atoms with E-state index in [0.29, 0.717) is 6.42 Å². The first kappa shape index (κ1) is 8.23. The Morgan fingerprint density at radius 2 is 2.09 bits per heavy atom. The lowest BCUT2D eigenvalue weighted by molar-refractivity contribution is 0.492. The summed E-state index contributed by atoms with van der Waals surface area (Å²) in [5.41, 5.74) is 0.831. The molecule has 0 saturated carbocycles. The van der Waals surface area contributed by atoms with Crippen LogP contribution in [0.5, 0.6) is 0 Å². The van der Waals surface area contributed by atoms with Gasteiger partial charge in [0.05, 0.1) is 4.91 Å². The molecule has 0 radical (unpaired) electrons. The van der Waals surface area contributed by atoms with E-state index in [1.807, 2.05) is 0 Å². The van der Waals surface area contributed by atoms with E-state index < -0.39 is 10.1 Å². The molecule has 1 aliphatic carbocycles. The monoisotopic (exact) mass is 172 g/mol. The minimum atomic E-state index is -4.02. The Kier molecular flexibility index (Phi) is 1.97. The second-order valence-corrected chi connectivity index (χ2v) is 3.70. The van der Waals surface area contributed by atoms with Crippen LogP contribution in [0, 0.1) is 0 Å². The minimum Gasteiger partial charge on any atom is -0.282 e. The number of rotatable bonds is 1.